The molecule has 5 rings (SSSR count). The molecule has 0 amide bonds. The Balaban J connectivity index is 1.40. The van der Waals surface area contributed by atoms with Crippen molar-refractivity contribution in [2.75, 3.05) is 25.6 Å². The van der Waals surface area contributed by atoms with E-state index < -0.39 is 21.4 Å². The normalized spacial score (nSPS) is 16.7. The van der Waals surface area contributed by atoms with Crippen molar-refractivity contribution < 1.29 is 22.2 Å². The van der Waals surface area contributed by atoms with E-state index in [4.69, 9.17) is 9.26 Å². The Morgan fingerprint density at radius 2 is 2.05 bits per heavy atom. The standard InChI is InChI=1S/C25H26F2N6O3S/c1-37(2,34)32-18-10-20(27)25-21(28-14-29-22(25)11-18)8-16-5-6-17(26)9-23(16)36-19-4-3-7-33(12-19)13-24-30-15-35-31-24/h5-6,9-11,14-15,19H,3-4,7-8,12-13H2,1-2H3/t19-/m1/s1. The van der Waals surface area contributed by atoms with Gasteiger partial charge in [0.2, 0.25) is 6.39 Å². The number of ether oxygens (including phenoxy) is 1. The largest absolute Gasteiger partial charge is 0.489 e. The van der Waals surface area contributed by atoms with Crippen LogP contribution >= 0.6 is 0 Å². The molecule has 12 heteroatoms. The Labute approximate surface area is 213 Å². The molecule has 2 aromatic heterocycles. The molecule has 37 heavy (non-hydrogen) atoms. The Morgan fingerprint density at radius 1 is 1.19 bits per heavy atom. The van der Waals surface area contributed by atoms with Crippen LogP contribution in [-0.2, 0) is 22.7 Å². The Bertz CT molecular complexity index is 1530. The van der Waals surface area contributed by atoms with Gasteiger partial charge in [-0.25, -0.2) is 23.0 Å². The zero-order chi connectivity index (χ0) is 26.0. The first-order valence-electron chi connectivity index (χ1n) is 11.8. The second kappa shape index (κ2) is 10.5. The predicted molar refractivity (Wildman–Crippen MR) is 134 cm³/mol. The van der Waals surface area contributed by atoms with E-state index in [1.807, 2.05) is 0 Å². The molecule has 9 nitrogen and oxygen atoms in total. The predicted octanol–water partition coefficient (Wildman–Crippen LogP) is 4.28. The van der Waals surface area contributed by atoms with Gasteiger partial charge >= 0.3 is 0 Å². The molecule has 4 aromatic rings. The molecule has 1 fully saturated rings. The summed E-state index contributed by atoms with van der Waals surface area (Å²) in [5.41, 5.74) is 1.70. The summed E-state index contributed by atoms with van der Waals surface area (Å²) < 4.78 is 56.6. The van der Waals surface area contributed by atoms with E-state index in [1.165, 1.54) is 43.4 Å². The zero-order valence-electron chi connectivity index (χ0n) is 20.4. The molecule has 0 saturated carbocycles. The molecule has 0 radical (unpaired) electrons. The van der Waals surface area contributed by atoms with Gasteiger partial charge in [-0.15, -0.1) is 0 Å². The van der Waals surface area contributed by atoms with Gasteiger partial charge in [0.05, 0.1) is 28.8 Å². The summed E-state index contributed by atoms with van der Waals surface area (Å²) in [6, 6.07) is 7.14. The lowest BCUT2D eigenvalue weighted by Crippen LogP contribution is -2.41. The Hall–Kier alpha value is -3.51. The van der Waals surface area contributed by atoms with Gasteiger partial charge in [-0.2, -0.15) is 9.35 Å². The summed E-state index contributed by atoms with van der Waals surface area (Å²) in [5, 5.41) is 4.10. The highest BCUT2D eigenvalue weighted by atomic mass is 32.2. The molecule has 2 aromatic carbocycles. The minimum atomic E-state index is -2.47. The van der Waals surface area contributed by atoms with Gasteiger partial charge < -0.3 is 9.26 Å². The summed E-state index contributed by atoms with van der Waals surface area (Å²) in [7, 11) is -2.47. The van der Waals surface area contributed by atoms with Crippen molar-refractivity contribution >= 4 is 26.3 Å². The van der Waals surface area contributed by atoms with E-state index in [2.05, 4.69) is 29.4 Å². The number of hydrogen-bond acceptors (Lipinski definition) is 9. The molecule has 1 aliphatic heterocycles. The smallest absolute Gasteiger partial charge is 0.213 e. The molecule has 1 atom stereocenters. The second-order valence-electron chi connectivity index (χ2n) is 9.31. The third-order valence-electron chi connectivity index (χ3n) is 5.99. The fourth-order valence-corrected chi connectivity index (χ4v) is 5.10. The van der Waals surface area contributed by atoms with Crippen molar-refractivity contribution in [2.45, 2.75) is 31.9 Å². The van der Waals surface area contributed by atoms with Crippen LogP contribution in [0.4, 0.5) is 14.5 Å². The van der Waals surface area contributed by atoms with Gasteiger partial charge in [0.25, 0.3) is 0 Å². The van der Waals surface area contributed by atoms with Crippen molar-refractivity contribution in [3.63, 3.8) is 0 Å². The molecule has 1 saturated heterocycles. The van der Waals surface area contributed by atoms with Crippen LogP contribution in [0.2, 0.25) is 0 Å². The number of halogens is 2. The van der Waals surface area contributed by atoms with Gasteiger partial charge in [0, 0.05) is 52.9 Å². The van der Waals surface area contributed by atoms with E-state index in [9.17, 15) is 8.60 Å². The molecule has 0 aliphatic carbocycles. The molecule has 194 valence electrons. The maximum Gasteiger partial charge on any atom is 0.213 e. The quantitative estimate of drug-likeness (QED) is 0.350. The van der Waals surface area contributed by atoms with Crippen LogP contribution < -0.4 is 4.74 Å². The Morgan fingerprint density at radius 3 is 2.84 bits per heavy atom. The van der Waals surface area contributed by atoms with E-state index in [0.29, 0.717) is 41.4 Å². The molecular formula is C25H26F2N6O3S. The number of aromatic nitrogens is 4. The summed E-state index contributed by atoms with van der Waals surface area (Å²) in [5.74, 6) is -0.00164. The van der Waals surface area contributed by atoms with Crippen LogP contribution in [0.5, 0.6) is 5.75 Å². The van der Waals surface area contributed by atoms with Crippen molar-refractivity contribution in [1.82, 2.24) is 25.0 Å². The lowest BCUT2D eigenvalue weighted by atomic mass is 10.0. The van der Waals surface area contributed by atoms with Crippen LogP contribution in [0.3, 0.4) is 0 Å². The molecule has 1 aliphatic rings. The number of hydrogen-bond donors (Lipinski definition) is 0. The van der Waals surface area contributed by atoms with Gasteiger partial charge in [-0.3, -0.25) is 4.90 Å². The average Bonchev–Trinajstić information content (AvgIpc) is 3.33. The van der Waals surface area contributed by atoms with Crippen LogP contribution in [-0.4, -0.2) is 60.9 Å². The lowest BCUT2D eigenvalue weighted by Gasteiger charge is -2.32. The number of rotatable bonds is 7. The Kier molecular flexibility index (Phi) is 7.11. The topological polar surface area (TPSA) is 107 Å². The zero-order valence-corrected chi connectivity index (χ0v) is 21.3. The van der Waals surface area contributed by atoms with Crippen LogP contribution in [0, 0.1) is 11.6 Å². The first-order valence-corrected chi connectivity index (χ1v) is 14.1. The SMILES string of the molecule is CS(C)(=O)=Nc1cc(F)c2c(Cc3ccc(F)cc3O[C@@H]3CCCN(Cc4ncon4)C3)ncnc2c1. The fourth-order valence-electron chi connectivity index (χ4n) is 4.49. The van der Waals surface area contributed by atoms with Crippen molar-refractivity contribution in [3.8, 4) is 5.75 Å². The highest BCUT2D eigenvalue weighted by Gasteiger charge is 2.24. The second-order valence-corrected chi connectivity index (χ2v) is 11.9. The number of nitrogens with zero attached hydrogens (tertiary/aromatic N) is 6. The lowest BCUT2D eigenvalue weighted by molar-refractivity contribution is 0.0814. The molecular weight excluding hydrogens is 502 g/mol. The van der Waals surface area contributed by atoms with Crippen LogP contribution in [0.1, 0.15) is 29.9 Å². The molecule has 0 N–H and O–H groups in total. The molecule has 0 unspecified atom stereocenters. The average molecular weight is 529 g/mol. The minimum Gasteiger partial charge on any atom is -0.489 e. The van der Waals surface area contributed by atoms with Gasteiger partial charge in [0.1, 0.15) is 29.8 Å². The van der Waals surface area contributed by atoms with E-state index in [0.717, 1.165) is 19.4 Å². The summed E-state index contributed by atoms with van der Waals surface area (Å²) in [4.78, 5) is 14.7. The van der Waals surface area contributed by atoms with E-state index in [-0.39, 0.29) is 23.6 Å². The summed E-state index contributed by atoms with van der Waals surface area (Å²) in [6.45, 7) is 2.04. The van der Waals surface area contributed by atoms with Crippen LogP contribution in [0.25, 0.3) is 10.9 Å². The van der Waals surface area contributed by atoms with Crippen molar-refractivity contribution in [1.29, 1.82) is 0 Å². The number of fused-ring (bicyclic) bond motifs is 1. The van der Waals surface area contributed by atoms with Gasteiger partial charge in [-0.1, -0.05) is 11.2 Å². The first-order chi connectivity index (χ1) is 17.7. The van der Waals surface area contributed by atoms with E-state index >= 15 is 4.39 Å². The highest BCUT2D eigenvalue weighted by Crippen LogP contribution is 2.30. The number of benzene rings is 2. The fraction of sp³-hybridized carbons (Fsp3) is 0.360. The van der Waals surface area contributed by atoms with Gasteiger partial charge in [-0.05, 0) is 31.5 Å². The first kappa shape index (κ1) is 25.2. The molecule has 0 spiro atoms. The highest BCUT2D eigenvalue weighted by molar-refractivity contribution is 7.92. The monoisotopic (exact) mass is 528 g/mol. The minimum absolute atomic E-state index is 0.165. The summed E-state index contributed by atoms with van der Waals surface area (Å²) in [6.07, 6.45) is 7.37. The number of likely N-dealkylation sites (tertiary alicyclic amines) is 1. The number of piperidine rings is 1. The maximum atomic E-state index is 15.2. The molecule has 3 heterocycles. The molecule has 0 bridgehead atoms. The van der Waals surface area contributed by atoms with Crippen molar-refractivity contribution in [2.24, 2.45) is 4.36 Å². The third-order valence-corrected chi connectivity index (χ3v) is 6.64. The summed E-state index contributed by atoms with van der Waals surface area (Å²) >= 11 is 0. The van der Waals surface area contributed by atoms with Crippen LogP contribution in [0.15, 0.2) is 51.9 Å². The maximum absolute atomic E-state index is 15.2. The van der Waals surface area contributed by atoms with Crippen molar-refractivity contribution in [3.05, 3.63) is 71.8 Å². The van der Waals surface area contributed by atoms with Gasteiger partial charge in [0.15, 0.2) is 5.82 Å². The third kappa shape index (κ3) is 6.25. The van der Waals surface area contributed by atoms with E-state index in [1.54, 1.807) is 12.1 Å².